The number of nitrogens with zero attached hydrogens (tertiary/aromatic N) is 2. The quantitative estimate of drug-likeness (QED) is 0.330. The summed E-state index contributed by atoms with van der Waals surface area (Å²) in [4.78, 5) is 12.2. The molecule has 26 heavy (non-hydrogen) atoms. The minimum Gasteiger partial charge on any atom is -0.504 e. The second kappa shape index (κ2) is 7.76. The highest BCUT2D eigenvalue weighted by atomic mass is 32.2. The van der Waals surface area contributed by atoms with Gasteiger partial charge in [0.25, 0.3) is 0 Å². The Morgan fingerprint density at radius 3 is 2.65 bits per heavy atom. The fourth-order valence-electron chi connectivity index (χ4n) is 2.30. The molecule has 0 atom stereocenters. The summed E-state index contributed by atoms with van der Waals surface area (Å²) >= 11 is 2.65. The van der Waals surface area contributed by atoms with Crippen molar-refractivity contribution in [3.05, 3.63) is 53.1 Å². The molecule has 134 valence electrons. The second-order valence-corrected chi connectivity index (χ2v) is 7.93. The number of phenols is 2. The van der Waals surface area contributed by atoms with Gasteiger partial charge in [-0.1, -0.05) is 40.8 Å². The van der Waals surface area contributed by atoms with Crippen LogP contribution in [0.3, 0.4) is 0 Å². The number of rotatable bonds is 6. The monoisotopic (exact) mass is 387 g/mol. The van der Waals surface area contributed by atoms with Crippen LogP contribution < -0.4 is 5.32 Å². The SMILES string of the molecule is Cc1ccc(Nc2nnc(SCC(=O)c3ccc(O)c(O)c3)s2)c(C)c1. The minimum atomic E-state index is -0.309. The molecule has 0 saturated heterocycles. The molecule has 3 rings (SSSR count). The van der Waals surface area contributed by atoms with Crippen LogP contribution in [0.1, 0.15) is 21.5 Å². The van der Waals surface area contributed by atoms with Gasteiger partial charge in [0.15, 0.2) is 21.6 Å². The van der Waals surface area contributed by atoms with E-state index in [0.717, 1.165) is 11.3 Å². The summed E-state index contributed by atoms with van der Waals surface area (Å²) in [5.41, 5.74) is 3.63. The molecule has 0 unspecified atom stereocenters. The Labute approximate surface area is 158 Å². The van der Waals surface area contributed by atoms with Crippen molar-refractivity contribution in [2.24, 2.45) is 0 Å². The van der Waals surface area contributed by atoms with Crippen molar-refractivity contribution in [3.8, 4) is 11.5 Å². The number of aromatic hydroxyl groups is 2. The van der Waals surface area contributed by atoms with E-state index >= 15 is 0 Å². The molecule has 3 aromatic rings. The number of thioether (sulfide) groups is 1. The molecular weight excluding hydrogens is 370 g/mol. The number of carbonyl (C=O) groups excluding carboxylic acids is 1. The lowest BCUT2D eigenvalue weighted by atomic mass is 10.1. The fourth-order valence-corrected chi connectivity index (χ4v) is 3.95. The standard InChI is InChI=1S/C18H17N3O3S2/c1-10-3-5-13(11(2)7-10)19-17-20-21-18(26-17)25-9-16(24)12-4-6-14(22)15(23)8-12/h3-8,22-23H,9H2,1-2H3,(H,19,20). The van der Waals surface area contributed by atoms with E-state index in [-0.39, 0.29) is 23.0 Å². The van der Waals surface area contributed by atoms with Crippen LogP contribution in [-0.2, 0) is 0 Å². The van der Waals surface area contributed by atoms with E-state index in [1.54, 1.807) is 0 Å². The number of Topliss-reactive ketones (excluding diaryl/α,β-unsaturated/α-hetero) is 1. The summed E-state index contributed by atoms with van der Waals surface area (Å²) in [7, 11) is 0. The first-order valence-electron chi connectivity index (χ1n) is 7.78. The van der Waals surface area contributed by atoms with Gasteiger partial charge in [-0.25, -0.2) is 0 Å². The highest BCUT2D eigenvalue weighted by Crippen LogP contribution is 2.30. The molecule has 0 spiro atoms. The molecular formula is C18H17N3O3S2. The molecule has 0 bridgehead atoms. The molecule has 0 aliphatic rings. The summed E-state index contributed by atoms with van der Waals surface area (Å²) in [6.07, 6.45) is 0. The van der Waals surface area contributed by atoms with Crippen molar-refractivity contribution in [2.45, 2.75) is 18.2 Å². The van der Waals surface area contributed by atoms with Crippen molar-refractivity contribution in [1.82, 2.24) is 10.2 Å². The first kappa shape index (κ1) is 18.2. The molecule has 1 aromatic heterocycles. The largest absolute Gasteiger partial charge is 0.504 e. The van der Waals surface area contributed by atoms with Gasteiger partial charge in [0.1, 0.15) is 0 Å². The highest BCUT2D eigenvalue weighted by Gasteiger charge is 2.12. The van der Waals surface area contributed by atoms with Crippen molar-refractivity contribution in [1.29, 1.82) is 0 Å². The number of nitrogens with one attached hydrogen (secondary N) is 1. The van der Waals surface area contributed by atoms with E-state index in [1.165, 1.54) is 46.9 Å². The maximum atomic E-state index is 12.2. The van der Waals surface area contributed by atoms with E-state index in [0.29, 0.717) is 15.0 Å². The van der Waals surface area contributed by atoms with Crippen LogP contribution >= 0.6 is 23.1 Å². The third-order valence-corrected chi connectivity index (χ3v) is 5.63. The summed E-state index contributed by atoms with van der Waals surface area (Å²) < 4.78 is 0.675. The van der Waals surface area contributed by atoms with E-state index in [2.05, 4.69) is 21.6 Å². The van der Waals surface area contributed by atoms with E-state index in [1.807, 2.05) is 26.0 Å². The Morgan fingerprint density at radius 2 is 1.92 bits per heavy atom. The van der Waals surface area contributed by atoms with Gasteiger partial charge < -0.3 is 15.5 Å². The lowest BCUT2D eigenvalue weighted by Crippen LogP contribution is -2.01. The van der Waals surface area contributed by atoms with E-state index < -0.39 is 0 Å². The Balaban J connectivity index is 1.61. The summed E-state index contributed by atoms with van der Waals surface area (Å²) in [5.74, 6) is -0.552. The number of hydrogen-bond donors (Lipinski definition) is 3. The molecule has 0 fully saturated rings. The molecule has 0 saturated carbocycles. The van der Waals surface area contributed by atoms with Gasteiger partial charge in [-0.05, 0) is 43.7 Å². The van der Waals surface area contributed by atoms with Crippen LogP contribution in [0.15, 0.2) is 40.7 Å². The molecule has 0 aliphatic heterocycles. The Morgan fingerprint density at radius 1 is 1.12 bits per heavy atom. The molecule has 0 amide bonds. The number of ketones is 1. The molecule has 1 heterocycles. The second-order valence-electron chi connectivity index (χ2n) is 5.73. The van der Waals surface area contributed by atoms with Crippen molar-refractivity contribution in [3.63, 3.8) is 0 Å². The number of carbonyl (C=O) groups is 1. The zero-order valence-electron chi connectivity index (χ0n) is 14.2. The Bertz CT molecular complexity index is 957. The first-order chi connectivity index (χ1) is 12.4. The van der Waals surface area contributed by atoms with E-state index in [9.17, 15) is 15.0 Å². The average Bonchev–Trinajstić information content (AvgIpc) is 3.05. The normalized spacial score (nSPS) is 10.7. The number of anilines is 2. The molecule has 2 aromatic carbocycles. The van der Waals surface area contributed by atoms with Crippen molar-refractivity contribution >= 4 is 39.7 Å². The number of hydrogen-bond acceptors (Lipinski definition) is 8. The molecule has 0 aliphatic carbocycles. The molecule has 8 heteroatoms. The van der Waals surface area contributed by atoms with Crippen LogP contribution in [0, 0.1) is 13.8 Å². The lowest BCUT2D eigenvalue weighted by Gasteiger charge is -2.06. The van der Waals surface area contributed by atoms with Gasteiger partial charge in [0, 0.05) is 11.3 Å². The van der Waals surface area contributed by atoms with Gasteiger partial charge in [-0.3, -0.25) is 4.79 Å². The number of aryl methyl sites for hydroxylation is 2. The van der Waals surface area contributed by atoms with Gasteiger partial charge in [0.05, 0.1) is 5.75 Å². The maximum absolute atomic E-state index is 12.2. The molecule has 0 radical (unpaired) electrons. The topological polar surface area (TPSA) is 95.3 Å². The van der Waals surface area contributed by atoms with Crippen molar-refractivity contribution in [2.75, 3.05) is 11.1 Å². The van der Waals surface area contributed by atoms with E-state index in [4.69, 9.17) is 0 Å². The molecule has 3 N–H and O–H groups in total. The Hall–Kier alpha value is -2.58. The van der Waals surface area contributed by atoms with Gasteiger partial charge in [-0.2, -0.15) is 0 Å². The third kappa shape index (κ3) is 4.33. The maximum Gasteiger partial charge on any atom is 0.210 e. The summed E-state index contributed by atoms with van der Waals surface area (Å²) in [6.45, 7) is 4.07. The number of aromatic nitrogens is 2. The lowest BCUT2D eigenvalue weighted by molar-refractivity contribution is 0.102. The smallest absolute Gasteiger partial charge is 0.210 e. The zero-order chi connectivity index (χ0) is 18.7. The Kier molecular flexibility index (Phi) is 5.43. The first-order valence-corrected chi connectivity index (χ1v) is 9.58. The van der Waals surface area contributed by atoms with Crippen molar-refractivity contribution < 1.29 is 15.0 Å². The summed E-state index contributed by atoms with van der Waals surface area (Å²) in [6, 6.07) is 10.1. The fraction of sp³-hybridized carbons (Fsp3) is 0.167. The number of benzene rings is 2. The predicted molar refractivity (Wildman–Crippen MR) is 104 cm³/mol. The average molecular weight is 387 g/mol. The highest BCUT2D eigenvalue weighted by molar-refractivity contribution is 8.01. The third-order valence-electron chi connectivity index (χ3n) is 3.65. The van der Waals surface area contributed by atoms with Crippen LogP contribution in [0.25, 0.3) is 0 Å². The predicted octanol–water partition coefficient (Wildman–Crippen LogP) is 4.28. The van der Waals surface area contributed by atoms with Crippen LogP contribution in [0.4, 0.5) is 10.8 Å². The number of phenolic OH excluding ortho intramolecular Hbond substituents is 2. The molecule has 6 nitrogen and oxygen atoms in total. The van der Waals surface area contributed by atoms with Gasteiger partial charge in [0.2, 0.25) is 5.13 Å². The van der Waals surface area contributed by atoms with Crippen LogP contribution in [-0.4, -0.2) is 31.9 Å². The summed E-state index contributed by atoms with van der Waals surface area (Å²) in [5, 5.41) is 30.9. The van der Waals surface area contributed by atoms with Gasteiger partial charge >= 0.3 is 0 Å². The van der Waals surface area contributed by atoms with Gasteiger partial charge in [-0.15, -0.1) is 10.2 Å². The van der Waals surface area contributed by atoms with Crippen LogP contribution in [0.2, 0.25) is 0 Å². The zero-order valence-corrected chi connectivity index (χ0v) is 15.8. The van der Waals surface area contributed by atoms with Crippen LogP contribution in [0.5, 0.6) is 11.5 Å². The minimum absolute atomic E-state index is 0.163.